The van der Waals surface area contributed by atoms with Gasteiger partial charge >= 0.3 is 0 Å². The predicted octanol–water partition coefficient (Wildman–Crippen LogP) is 0.654. The van der Waals surface area contributed by atoms with Gasteiger partial charge < -0.3 is 10.4 Å². The Morgan fingerprint density at radius 3 is 2.55 bits per heavy atom. The van der Waals surface area contributed by atoms with Crippen molar-refractivity contribution in [3.8, 4) is 0 Å². The van der Waals surface area contributed by atoms with E-state index in [9.17, 15) is 13.2 Å². The molecular formula is C15H22N2O4S. The van der Waals surface area contributed by atoms with Gasteiger partial charge in [0, 0.05) is 19.1 Å². The lowest BCUT2D eigenvalue weighted by molar-refractivity contribution is -0.122. The SMILES string of the molecule is C=CC[C@@H](CO)CNC(=O)[C@H](C)NS(=O)(=O)c1ccccc1. The van der Waals surface area contributed by atoms with E-state index in [-0.39, 0.29) is 24.0 Å². The highest BCUT2D eigenvalue weighted by Gasteiger charge is 2.22. The van der Waals surface area contributed by atoms with Gasteiger partial charge in [0.05, 0.1) is 10.9 Å². The maximum atomic E-state index is 12.1. The highest BCUT2D eigenvalue weighted by Crippen LogP contribution is 2.08. The summed E-state index contributed by atoms with van der Waals surface area (Å²) in [5.41, 5.74) is 0. The fourth-order valence-corrected chi connectivity index (χ4v) is 3.03. The molecule has 0 aliphatic rings. The molecule has 0 heterocycles. The number of aliphatic hydroxyl groups excluding tert-OH is 1. The van der Waals surface area contributed by atoms with Crippen LogP contribution in [0.5, 0.6) is 0 Å². The van der Waals surface area contributed by atoms with Crippen LogP contribution in [0.3, 0.4) is 0 Å². The summed E-state index contributed by atoms with van der Waals surface area (Å²) in [6.07, 6.45) is 2.23. The molecule has 0 fully saturated rings. The minimum Gasteiger partial charge on any atom is -0.396 e. The van der Waals surface area contributed by atoms with Crippen LogP contribution in [-0.4, -0.2) is 38.6 Å². The van der Waals surface area contributed by atoms with Crippen molar-refractivity contribution >= 4 is 15.9 Å². The minimum absolute atomic E-state index is 0.0730. The minimum atomic E-state index is -3.74. The molecule has 0 aliphatic carbocycles. The molecule has 7 heteroatoms. The molecule has 1 aromatic carbocycles. The molecule has 122 valence electrons. The molecule has 2 atom stereocenters. The number of allylic oxidation sites excluding steroid dienone is 1. The zero-order valence-electron chi connectivity index (χ0n) is 12.5. The van der Waals surface area contributed by atoms with Crippen LogP contribution in [0.15, 0.2) is 47.9 Å². The van der Waals surface area contributed by atoms with Crippen LogP contribution >= 0.6 is 0 Å². The molecule has 1 aromatic rings. The van der Waals surface area contributed by atoms with Crippen molar-refractivity contribution in [3.63, 3.8) is 0 Å². The zero-order chi connectivity index (χ0) is 16.6. The summed E-state index contributed by atoms with van der Waals surface area (Å²) in [7, 11) is -3.74. The molecule has 3 N–H and O–H groups in total. The number of hydrogen-bond donors (Lipinski definition) is 3. The first kappa shape index (κ1) is 18.3. The van der Waals surface area contributed by atoms with Crippen LogP contribution in [-0.2, 0) is 14.8 Å². The van der Waals surface area contributed by atoms with Crippen LogP contribution in [0.4, 0.5) is 0 Å². The number of amides is 1. The van der Waals surface area contributed by atoms with E-state index in [0.717, 1.165) is 0 Å². The third-order valence-corrected chi connectivity index (χ3v) is 4.66. The van der Waals surface area contributed by atoms with Gasteiger partial charge in [-0.1, -0.05) is 24.3 Å². The molecule has 0 spiro atoms. The Balaban J connectivity index is 2.59. The first-order valence-corrected chi connectivity index (χ1v) is 8.46. The van der Waals surface area contributed by atoms with E-state index in [1.165, 1.54) is 19.1 Å². The molecule has 1 amide bonds. The van der Waals surface area contributed by atoms with Gasteiger partial charge in [0.2, 0.25) is 15.9 Å². The van der Waals surface area contributed by atoms with Crippen molar-refractivity contribution in [2.75, 3.05) is 13.2 Å². The first-order chi connectivity index (χ1) is 10.4. The second-order valence-corrected chi connectivity index (χ2v) is 6.69. The maximum Gasteiger partial charge on any atom is 0.241 e. The largest absolute Gasteiger partial charge is 0.396 e. The summed E-state index contributed by atoms with van der Waals surface area (Å²) >= 11 is 0. The van der Waals surface area contributed by atoms with Crippen molar-refractivity contribution in [2.24, 2.45) is 5.92 Å². The van der Waals surface area contributed by atoms with E-state index < -0.39 is 22.0 Å². The molecule has 0 radical (unpaired) electrons. The topological polar surface area (TPSA) is 95.5 Å². The molecule has 0 saturated heterocycles. The number of nitrogens with one attached hydrogen (secondary N) is 2. The Kier molecular flexibility index (Phi) is 7.23. The average molecular weight is 326 g/mol. The molecule has 0 aliphatic heterocycles. The molecule has 0 saturated carbocycles. The number of rotatable bonds is 9. The van der Waals surface area contributed by atoms with E-state index in [1.807, 2.05) is 0 Å². The number of carbonyl (C=O) groups is 1. The van der Waals surface area contributed by atoms with Crippen molar-refractivity contribution in [3.05, 3.63) is 43.0 Å². The average Bonchev–Trinajstić information content (AvgIpc) is 2.51. The Hall–Kier alpha value is -1.70. The van der Waals surface area contributed by atoms with Gasteiger partial charge in [-0.3, -0.25) is 4.79 Å². The number of aliphatic hydroxyl groups is 1. The summed E-state index contributed by atoms with van der Waals surface area (Å²) in [6, 6.07) is 6.94. The number of benzene rings is 1. The quantitative estimate of drug-likeness (QED) is 0.581. The number of hydrogen-bond acceptors (Lipinski definition) is 4. The predicted molar refractivity (Wildman–Crippen MR) is 84.6 cm³/mol. The highest BCUT2D eigenvalue weighted by molar-refractivity contribution is 7.89. The van der Waals surface area contributed by atoms with Gasteiger partial charge in [-0.05, 0) is 25.5 Å². The molecule has 0 aromatic heterocycles. The summed E-state index contributed by atoms with van der Waals surface area (Å²) in [5.74, 6) is -0.568. The summed E-state index contributed by atoms with van der Waals surface area (Å²) < 4.78 is 26.5. The monoisotopic (exact) mass is 326 g/mol. The third kappa shape index (κ3) is 5.59. The fourth-order valence-electron chi connectivity index (χ4n) is 1.81. The highest BCUT2D eigenvalue weighted by atomic mass is 32.2. The second-order valence-electron chi connectivity index (χ2n) is 4.97. The molecule has 6 nitrogen and oxygen atoms in total. The van der Waals surface area contributed by atoms with E-state index in [2.05, 4.69) is 16.6 Å². The Labute approximate surface area is 131 Å². The van der Waals surface area contributed by atoms with Crippen LogP contribution in [0.1, 0.15) is 13.3 Å². The van der Waals surface area contributed by atoms with Gasteiger partial charge in [-0.2, -0.15) is 4.72 Å². The van der Waals surface area contributed by atoms with E-state index in [0.29, 0.717) is 6.42 Å². The zero-order valence-corrected chi connectivity index (χ0v) is 13.3. The molecule has 1 rings (SSSR count). The number of carbonyl (C=O) groups excluding carboxylic acids is 1. The van der Waals surface area contributed by atoms with Gasteiger partial charge in [0.1, 0.15) is 0 Å². The van der Waals surface area contributed by atoms with Gasteiger partial charge in [-0.25, -0.2) is 8.42 Å². The molecular weight excluding hydrogens is 304 g/mol. The Bertz CT molecular complexity index is 587. The summed E-state index contributed by atoms with van der Waals surface area (Å²) in [4.78, 5) is 12.0. The van der Waals surface area contributed by atoms with E-state index in [1.54, 1.807) is 24.3 Å². The lowest BCUT2D eigenvalue weighted by Crippen LogP contribution is -2.46. The lowest BCUT2D eigenvalue weighted by atomic mass is 10.1. The van der Waals surface area contributed by atoms with Gasteiger partial charge in [0.15, 0.2) is 0 Å². The maximum absolute atomic E-state index is 12.1. The summed E-state index contributed by atoms with van der Waals surface area (Å²) in [6.45, 7) is 5.24. The lowest BCUT2D eigenvalue weighted by Gasteiger charge is -2.17. The van der Waals surface area contributed by atoms with Crippen molar-refractivity contribution < 1.29 is 18.3 Å². The first-order valence-electron chi connectivity index (χ1n) is 6.97. The fraction of sp³-hybridized carbons (Fsp3) is 0.400. The standard InChI is InChI=1S/C15H22N2O4S/c1-3-7-13(11-18)10-16-15(19)12(2)17-22(20,21)14-8-5-4-6-9-14/h3-6,8-9,12-13,17-18H,1,7,10-11H2,2H3,(H,16,19)/t12-,13+/m0/s1. The van der Waals surface area contributed by atoms with Crippen molar-refractivity contribution in [1.29, 1.82) is 0 Å². The van der Waals surface area contributed by atoms with Gasteiger partial charge in [0.25, 0.3) is 0 Å². The van der Waals surface area contributed by atoms with E-state index in [4.69, 9.17) is 5.11 Å². The van der Waals surface area contributed by atoms with E-state index >= 15 is 0 Å². The van der Waals surface area contributed by atoms with Crippen LogP contribution in [0.2, 0.25) is 0 Å². The molecule has 0 bridgehead atoms. The van der Waals surface area contributed by atoms with Crippen molar-refractivity contribution in [1.82, 2.24) is 10.0 Å². The third-order valence-electron chi connectivity index (χ3n) is 3.10. The second kappa shape index (κ2) is 8.67. The van der Waals surface area contributed by atoms with Crippen LogP contribution in [0, 0.1) is 5.92 Å². The molecule has 0 unspecified atom stereocenters. The van der Waals surface area contributed by atoms with Crippen LogP contribution < -0.4 is 10.0 Å². The Morgan fingerprint density at radius 2 is 2.00 bits per heavy atom. The normalized spacial score (nSPS) is 14.1. The smallest absolute Gasteiger partial charge is 0.241 e. The van der Waals surface area contributed by atoms with Gasteiger partial charge in [-0.15, -0.1) is 6.58 Å². The van der Waals surface area contributed by atoms with Crippen LogP contribution in [0.25, 0.3) is 0 Å². The van der Waals surface area contributed by atoms with Crippen molar-refractivity contribution in [2.45, 2.75) is 24.3 Å². The Morgan fingerprint density at radius 1 is 1.36 bits per heavy atom. The number of sulfonamides is 1. The summed E-state index contributed by atoms with van der Waals surface area (Å²) in [5, 5.41) is 11.8. The molecule has 22 heavy (non-hydrogen) atoms.